The summed E-state index contributed by atoms with van der Waals surface area (Å²) in [5.41, 5.74) is 1.63. The van der Waals surface area contributed by atoms with Gasteiger partial charge in [-0.3, -0.25) is 19.7 Å². The van der Waals surface area contributed by atoms with E-state index < -0.39 is 35.8 Å². The molecule has 4 aliphatic heterocycles. The number of alkyl carbamates (subject to hydrolysis) is 2. The summed E-state index contributed by atoms with van der Waals surface area (Å²) in [4.78, 5) is 70.1. The molecule has 4 heterocycles. The van der Waals surface area contributed by atoms with Crippen LogP contribution in [0.2, 0.25) is 0 Å². The standard InChI is InChI=1S/C15H22BrN3O3.C13H19BrN2O2.C7H13NO4/c1-9(2)13(18-15(21)22-3)14(20)19-6-4-5-12(19)11-7-10(16)8-17-11;1-13(2,3)18-12(17)16-6-4-5-11(16)10-7-9(14)8-15-10;1-4(2)5(6(9)10)8-7(11)12-3/h8-9,12-13H,4-7H2,1-3H3,(H,18,21);8,11H,4-7H2,1-3H3;4-5H,1-3H3,(H,8,11)(H,9,10)/t12-,13-;11-;5-/m000/s1. The summed E-state index contributed by atoms with van der Waals surface area (Å²) in [6.45, 7) is 14.4. The number of amides is 4. The average molecular weight is 863 g/mol. The van der Waals surface area contributed by atoms with Gasteiger partial charge in [0.05, 0.1) is 26.3 Å². The molecule has 4 atom stereocenters. The van der Waals surface area contributed by atoms with Gasteiger partial charge in [0.25, 0.3) is 0 Å². The molecule has 0 aromatic heterocycles. The molecule has 15 nitrogen and oxygen atoms in total. The van der Waals surface area contributed by atoms with E-state index in [1.807, 2.05) is 50.6 Å². The maximum atomic E-state index is 12.9. The summed E-state index contributed by atoms with van der Waals surface area (Å²) in [6.07, 6.45) is 7.51. The molecule has 4 amide bonds. The third-order valence-electron chi connectivity index (χ3n) is 8.41. The van der Waals surface area contributed by atoms with E-state index in [1.54, 1.807) is 20.0 Å². The topological polar surface area (TPSA) is 189 Å². The summed E-state index contributed by atoms with van der Waals surface area (Å²) in [6, 6.07) is -1.34. The van der Waals surface area contributed by atoms with E-state index in [1.165, 1.54) is 14.2 Å². The summed E-state index contributed by atoms with van der Waals surface area (Å²) < 4.78 is 16.4. The predicted octanol–water partition coefficient (Wildman–Crippen LogP) is 6.36. The van der Waals surface area contributed by atoms with Crippen LogP contribution in [0.25, 0.3) is 0 Å². The van der Waals surface area contributed by atoms with Gasteiger partial charge >= 0.3 is 24.2 Å². The molecule has 0 aromatic rings. The molecule has 0 unspecified atom stereocenters. The molecule has 3 N–H and O–H groups in total. The summed E-state index contributed by atoms with van der Waals surface area (Å²) in [5.74, 6) is -1.30. The van der Waals surface area contributed by atoms with Crippen LogP contribution in [-0.2, 0) is 23.8 Å². The van der Waals surface area contributed by atoms with Crippen LogP contribution in [0.4, 0.5) is 14.4 Å². The highest BCUT2D eigenvalue weighted by atomic mass is 79.9. The van der Waals surface area contributed by atoms with Crippen molar-refractivity contribution in [1.82, 2.24) is 20.4 Å². The Morgan fingerprint density at radius 3 is 1.58 bits per heavy atom. The first-order chi connectivity index (χ1) is 24.3. The van der Waals surface area contributed by atoms with Crippen molar-refractivity contribution < 1.29 is 43.3 Å². The fourth-order valence-corrected chi connectivity index (χ4v) is 6.63. The zero-order valence-electron chi connectivity index (χ0n) is 31.5. The maximum absolute atomic E-state index is 12.9. The Balaban J connectivity index is 0.000000283. The minimum Gasteiger partial charge on any atom is -0.480 e. The van der Waals surface area contributed by atoms with E-state index >= 15 is 0 Å². The van der Waals surface area contributed by atoms with E-state index in [2.05, 4.69) is 62.0 Å². The largest absolute Gasteiger partial charge is 0.480 e. The summed E-state index contributed by atoms with van der Waals surface area (Å²) >= 11 is 6.89. The molecule has 4 aliphatic rings. The maximum Gasteiger partial charge on any atom is 0.410 e. The third-order valence-corrected chi connectivity index (χ3v) is 9.38. The van der Waals surface area contributed by atoms with Gasteiger partial charge in [-0.15, -0.1) is 0 Å². The van der Waals surface area contributed by atoms with Crippen molar-refractivity contribution in [3.8, 4) is 0 Å². The molecule has 0 bridgehead atoms. The highest BCUT2D eigenvalue weighted by Crippen LogP contribution is 2.29. The second kappa shape index (κ2) is 20.7. The Hall–Kier alpha value is -3.47. The first-order valence-electron chi connectivity index (χ1n) is 17.3. The minimum absolute atomic E-state index is 0.0109. The highest BCUT2D eigenvalue weighted by Gasteiger charge is 2.38. The number of aliphatic imine (C=N–C) groups is 2. The fourth-order valence-electron chi connectivity index (χ4n) is 5.85. The number of carbonyl (C=O) groups is 5. The van der Waals surface area contributed by atoms with Crippen molar-refractivity contribution in [2.24, 2.45) is 21.8 Å². The number of carbonyl (C=O) groups excluding carboxylic acids is 4. The first-order valence-corrected chi connectivity index (χ1v) is 18.9. The number of nitrogens with zero attached hydrogens (tertiary/aromatic N) is 4. The van der Waals surface area contributed by atoms with Gasteiger partial charge < -0.3 is 34.9 Å². The van der Waals surface area contributed by atoms with E-state index in [0.29, 0.717) is 6.54 Å². The summed E-state index contributed by atoms with van der Waals surface area (Å²) in [5, 5.41) is 13.5. The van der Waals surface area contributed by atoms with E-state index in [9.17, 15) is 24.0 Å². The van der Waals surface area contributed by atoms with Gasteiger partial charge in [-0.05, 0) is 58.3 Å². The zero-order valence-corrected chi connectivity index (χ0v) is 34.7. The smallest absolute Gasteiger partial charge is 0.410 e. The van der Waals surface area contributed by atoms with Gasteiger partial charge in [-0.2, -0.15) is 0 Å². The molecule has 52 heavy (non-hydrogen) atoms. The van der Waals surface area contributed by atoms with Crippen molar-refractivity contribution in [3.63, 3.8) is 0 Å². The van der Waals surface area contributed by atoms with Crippen LogP contribution < -0.4 is 10.6 Å². The molecular formula is C35H54Br2N6O9. The lowest BCUT2D eigenvalue weighted by atomic mass is 10.0. The van der Waals surface area contributed by atoms with Crippen LogP contribution in [-0.4, -0.2) is 114 Å². The number of methoxy groups -OCH3 is 2. The molecule has 0 aromatic carbocycles. The molecule has 2 saturated heterocycles. The fraction of sp³-hybridized carbons (Fsp3) is 0.686. The Morgan fingerprint density at radius 1 is 0.788 bits per heavy atom. The van der Waals surface area contributed by atoms with Crippen molar-refractivity contribution in [1.29, 1.82) is 0 Å². The second-order valence-electron chi connectivity index (χ2n) is 14.3. The van der Waals surface area contributed by atoms with Crippen LogP contribution in [0.1, 0.15) is 87.0 Å². The lowest BCUT2D eigenvalue weighted by molar-refractivity contribution is -0.140. The van der Waals surface area contributed by atoms with E-state index in [0.717, 1.165) is 65.5 Å². The molecule has 17 heteroatoms. The van der Waals surface area contributed by atoms with Gasteiger partial charge in [0, 0.05) is 58.7 Å². The van der Waals surface area contributed by atoms with E-state index in [4.69, 9.17) is 9.84 Å². The lowest BCUT2D eigenvalue weighted by Gasteiger charge is -2.30. The SMILES string of the molecule is CC(C)(C)OC(=O)N1CCC[C@H]1C1=NC=C(Br)C1.COC(=O)N[C@H](C(=O)N1CCC[C@H]1C1=NC=C(Br)C1)C(C)C.COC(=O)N[C@H](C(=O)O)C(C)C. The number of ether oxygens (including phenoxy) is 3. The van der Waals surface area contributed by atoms with Gasteiger partial charge in [-0.1, -0.05) is 59.6 Å². The van der Waals surface area contributed by atoms with Crippen molar-refractivity contribution in [2.45, 2.75) is 117 Å². The van der Waals surface area contributed by atoms with Gasteiger partial charge in [-0.25, -0.2) is 19.2 Å². The van der Waals surface area contributed by atoms with Crippen LogP contribution >= 0.6 is 31.9 Å². The van der Waals surface area contributed by atoms with Crippen molar-refractivity contribution in [3.05, 3.63) is 21.4 Å². The van der Waals surface area contributed by atoms with Gasteiger partial charge in [0.15, 0.2) is 0 Å². The molecule has 2 fully saturated rings. The minimum atomic E-state index is -1.06. The second-order valence-corrected chi connectivity index (χ2v) is 16.4. The number of carboxylic acid groups (broad SMARTS) is 1. The highest BCUT2D eigenvalue weighted by molar-refractivity contribution is 9.12. The lowest BCUT2D eigenvalue weighted by Crippen LogP contribution is -2.53. The number of nitrogens with one attached hydrogen (secondary N) is 2. The van der Waals surface area contributed by atoms with Gasteiger partial charge in [0.1, 0.15) is 17.7 Å². The molecule has 0 saturated carbocycles. The predicted molar refractivity (Wildman–Crippen MR) is 205 cm³/mol. The Morgan fingerprint density at radius 2 is 1.21 bits per heavy atom. The molecular weight excluding hydrogens is 808 g/mol. The van der Waals surface area contributed by atoms with E-state index in [-0.39, 0.29) is 35.9 Å². The van der Waals surface area contributed by atoms with Gasteiger partial charge in [0.2, 0.25) is 5.91 Å². The Labute approximate surface area is 323 Å². The molecule has 0 aliphatic carbocycles. The number of allylic oxidation sites excluding steroid dienone is 2. The summed E-state index contributed by atoms with van der Waals surface area (Å²) in [7, 11) is 2.49. The number of carboxylic acids is 1. The number of likely N-dealkylation sites (tertiary alicyclic amines) is 2. The third kappa shape index (κ3) is 13.8. The number of hydrogen-bond donors (Lipinski definition) is 3. The molecule has 0 radical (unpaired) electrons. The Bertz CT molecular complexity index is 1420. The molecule has 292 valence electrons. The van der Waals surface area contributed by atoms with Crippen LogP contribution in [0, 0.1) is 11.8 Å². The zero-order chi connectivity index (χ0) is 39.3. The molecule has 0 spiro atoms. The number of halogens is 2. The number of rotatable bonds is 8. The Kier molecular flexibility index (Phi) is 17.8. The first kappa shape index (κ1) is 44.7. The number of hydrogen-bond acceptors (Lipinski definition) is 10. The van der Waals surface area contributed by atoms with Crippen molar-refractivity contribution >= 4 is 73.4 Å². The monoisotopic (exact) mass is 860 g/mol. The van der Waals surface area contributed by atoms with Crippen LogP contribution in [0.15, 0.2) is 31.3 Å². The van der Waals surface area contributed by atoms with Crippen molar-refractivity contribution in [2.75, 3.05) is 27.3 Å². The normalized spacial score (nSPS) is 20.6. The van der Waals surface area contributed by atoms with Crippen LogP contribution in [0.3, 0.4) is 0 Å². The number of aliphatic carboxylic acids is 1. The van der Waals surface area contributed by atoms with Crippen LogP contribution in [0.5, 0.6) is 0 Å². The molecule has 4 rings (SSSR count). The average Bonchev–Trinajstić information content (AvgIpc) is 3.88. The quantitative estimate of drug-likeness (QED) is 0.234.